The highest BCUT2D eigenvalue weighted by molar-refractivity contribution is 5.94. The topological polar surface area (TPSA) is 52.6 Å². The summed E-state index contributed by atoms with van der Waals surface area (Å²) in [6.07, 6.45) is 9.10. The second kappa shape index (κ2) is 9.16. The smallest absolute Gasteiger partial charge is 0.251 e. The Bertz CT molecular complexity index is 586. The first-order valence-electron chi connectivity index (χ1n) is 9.63. The lowest BCUT2D eigenvalue weighted by atomic mass is 9.97. The highest BCUT2D eigenvalue weighted by Gasteiger charge is 2.18. The Labute approximate surface area is 150 Å². The second-order valence-corrected chi connectivity index (χ2v) is 7.36. The summed E-state index contributed by atoms with van der Waals surface area (Å²) >= 11 is 0. The second-order valence-electron chi connectivity index (χ2n) is 7.36. The van der Waals surface area contributed by atoms with Crippen LogP contribution in [0.3, 0.4) is 0 Å². The fraction of sp³-hybridized carbons (Fsp3) is 0.571. The van der Waals surface area contributed by atoms with E-state index in [1.165, 1.54) is 30.4 Å². The maximum Gasteiger partial charge on any atom is 0.251 e. The van der Waals surface area contributed by atoms with Crippen LogP contribution in [-0.4, -0.2) is 42.2 Å². The molecule has 0 unspecified atom stereocenters. The van der Waals surface area contributed by atoms with Crippen molar-refractivity contribution in [3.63, 3.8) is 0 Å². The van der Waals surface area contributed by atoms with Gasteiger partial charge in [-0.2, -0.15) is 0 Å². The number of nitrogens with one attached hydrogen (secondary N) is 1. The van der Waals surface area contributed by atoms with Gasteiger partial charge in [0.05, 0.1) is 0 Å². The summed E-state index contributed by atoms with van der Waals surface area (Å²) in [5, 5.41) is 12.2. The van der Waals surface area contributed by atoms with Gasteiger partial charge in [0.2, 0.25) is 0 Å². The predicted molar refractivity (Wildman–Crippen MR) is 100 cm³/mol. The van der Waals surface area contributed by atoms with Crippen molar-refractivity contribution in [2.24, 2.45) is 5.92 Å². The molecule has 0 spiro atoms. The molecule has 25 heavy (non-hydrogen) atoms. The third-order valence-corrected chi connectivity index (χ3v) is 5.45. The quantitative estimate of drug-likeness (QED) is 0.749. The number of carbonyl (C=O) groups excluding carboxylic acids is 1. The number of aliphatic hydroxyl groups is 1. The van der Waals surface area contributed by atoms with Gasteiger partial charge < -0.3 is 10.4 Å². The van der Waals surface area contributed by atoms with Crippen LogP contribution in [0.1, 0.15) is 54.4 Å². The molecular formula is C21H30N2O2. The normalized spacial score (nSPS) is 19.0. The molecule has 1 fully saturated rings. The predicted octanol–water partition coefficient (Wildman–Crippen LogP) is 3.12. The van der Waals surface area contributed by atoms with Crippen LogP contribution in [0.25, 0.3) is 0 Å². The molecule has 1 amide bonds. The maximum absolute atomic E-state index is 12.2. The molecule has 0 radical (unpaired) electrons. The third kappa shape index (κ3) is 5.41. The van der Waals surface area contributed by atoms with E-state index < -0.39 is 0 Å². The molecule has 1 aromatic rings. The van der Waals surface area contributed by atoms with Crippen LogP contribution < -0.4 is 5.32 Å². The Morgan fingerprint density at radius 2 is 1.96 bits per heavy atom. The number of aliphatic hydroxyl groups excluding tert-OH is 1. The first-order valence-corrected chi connectivity index (χ1v) is 9.63. The number of piperidine rings is 1. The van der Waals surface area contributed by atoms with Crippen LogP contribution in [0.5, 0.6) is 0 Å². The van der Waals surface area contributed by atoms with E-state index in [-0.39, 0.29) is 5.91 Å². The minimum atomic E-state index is 0.0221. The first-order chi connectivity index (χ1) is 12.2. The van der Waals surface area contributed by atoms with Crippen molar-refractivity contribution in [1.82, 2.24) is 10.2 Å². The monoisotopic (exact) mass is 342 g/mol. The average Bonchev–Trinajstić information content (AvgIpc) is 3.16. The molecule has 0 saturated carbocycles. The van der Waals surface area contributed by atoms with Crippen LogP contribution in [-0.2, 0) is 6.54 Å². The summed E-state index contributed by atoms with van der Waals surface area (Å²) in [4.78, 5) is 14.7. The number of hydrogen-bond acceptors (Lipinski definition) is 3. The van der Waals surface area contributed by atoms with Gasteiger partial charge in [0, 0.05) is 25.3 Å². The lowest BCUT2D eigenvalue weighted by Gasteiger charge is -2.31. The number of allylic oxidation sites excluding steroid dienone is 1. The Balaban J connectivity index is 1.42. The molecule has 1 aliphatic carbocycles. The zero-order chi connectivity index (χ0) is 17.5. The molecule has 0 bridgehead atoms. The largest absolute Gasteiger partial charge is 0.396 e. The van der Waals surface area contributed by atoms with Crippen molar-refractivity contribution >= 4 is 5.91 Å². The van der Waals surface area contributed by atoms with E-state index in [1.54, 1.807) is 0 Å². The molecule has 1 heterocycles. The molecule has 136 valence electrons. The van der Waals surface area contributed by atoms with E-state index in [0.717, 1.165) is 51.0 Å². The van der Waals surface area contributed by atoms with Gasteiger partial charge in [-0.05, 0) is 75.2 Å². The number of likely N-dealkylation sites (tertiary alicyclic amines) is 1. The van der Waals surface area contributed by atoms with E-state index in [4.69, 9.17) is 0 Å². The van der Waals surface area contributed by atoms with Crippen molar-refractivity contribution in [2.75, 3.05) is 26.2 Å². The summed E-state index contributed by atoms with van der Waals surface area (Å²) in [7, 11) is 0. The number of carbonyl (C=O) groups is 1. The van der Waals surface area contributed by atoms with Gasteiger partial charge >= 0.3 is 0 Å². The van der Waals surface area contributed by atoms with E-state index in [9.17, 15) is 9.90 Å². The highest BCUT2D eigenvalue weighted by Crippen LogP contribution is 2.20. The molecule has 1 aliphatic heterocycles. The van der Waals surface area contributed by atoms with Crippen LogP contribution >= 0.6 is 0 Å². The number of benzene rings is 1. The SMILES string of the molecule is O=C(NCCC1=CCCC1)c1ccc(CN2CCC(CO)CC2)cc1. The fourth-order valence-corrected chi connectivity index (χ4v) is 3.75. The van der Waals surface area contributed by atoms with E-state index in [0.29, 0.717) is 12.5 Å². The molecule has 1 aromatic carbocycles. The molecule has 2 aliphatic rings. The summed E-state index contributed by atoms with van der Waals surface area (Å²) in [5.74, 6) is 0.497. The standard InChI is InChI=1S/C21H30N2O2/c24-16-19-10-13-23(14-11-19)15-18-5-7-20(8-6-18)21(25)22-12-9-17-3-1-2-4-17/h3,5-8,19,24H,1-2,4,9-16H2,(H,22,25). The van der Waals surface area contributed by atoms with Gasteiger partial charge in [-0.25, -0.2) is 0 Å². The number of hydrogen-bond donors (Lipinski definition) is 2. The summed E-state index contributed by atoms with van der Waals surface area (Å²) in [6, 6.07) is 7.99. The Morgan fingerprint density at radius 3 is 2.60 bits per heavy atom. The molecule has 4 nitrogen and oxygen atoms in total. The molecule has 0 aromatic heterocycles. The number of rotatable bonds is 7. The molecule has 0 atom stereocenters. The van der Waals surface area contributed by atoms with Crippen molar-refractivity contribution < 1.29 is 9.90 Å². The van der Waals surface area contributed by atoms with Crippen LogP contribution in [0.4, 0.5) is 0 Å². The fourth-order valence-electron chi connectivity index (χ4n) is 3.75. The van der Waals surface area contributed by atoms with Crippen LogP contribution in [0.15, 0.2) is 35.9 Å². The van der Waals surface area contributed by atoms with Gasteiger partial charge in [-0.1, -0.05) is 23.8 Å². The van der Waals surface area contributed by atoms with Crippen LogP contribution in [0, 0.1) is 5.92 Å². The maximum atomic E-state index is 12.2. The minimum absolute atomic E-state index is 0.0221. The average molecular weight is 342 g/mol. The molecule has 1 saturated heterocycles. The van der Waals surface area contributed by atoms with Gasteiger partial charge in [0.25, 0.3) is 5.91 Å². The Kier molecular flexibility index (Phi) is 6.65. The molecule has 3 rings (SSSR count). The van der Waals surface area contributed by atoms with E-state index in [1.807, 2.05) is 12.1 Å². The molecule has 2 N–H and O–H groups in total. The third-order valence-electron chi connectivity index (χ3n) is 5.45. The summed E-state index contributed by atoms with van der Waals surface area (Å²) in [6.45, 7) is 4.06. The Morgan fingerprint density at radius 1 is 1.20 bits per heavy atom. The van der Waals surface area contributed by atoms with E-state index >= 15 is 0 Å². The highest BCUT2D eigenvalue weighted by atomic mass is 16.3. The minimum Gasteiger partial charge on any atom is -0.396 e. The van der Waals surface area contributed by atoms with Crippen LogP contribution in [0.2, 0.25) is 0 Å². The van der Waals surface area contributed by atoms with Crippen molar-refractivity contribution in [1.29, 1.82) is 0 Å². The summed E-state index contributed by atoms with van der Waals surface area (Å²) in [5.41, 5.74) is 3.47. The number of amides is 1. The molecular weight excluding hydrogens is 312 g/mol. The van der Waals surface area contributed by atoms with Gasteiger partial charge in [0.15, 0.2) is 0 Å². The van der Waals surface area contributed by atoms with Crippen molar-refractivity contribution in [3.8, 4) is 0 Å². The lowest BCUT2D eigenvalue weighted by Crippen LogP contribution is -2.34. The summed E-state index contributed by atoms with van der Waals surface area (Å²) < 4.78 is 0. The van der Waals surface area contributed by atoms with Crippen molar-refractivity contribution in [2.45, 2.75) is 45.1 Å². The van der Waals surface area contributed by atoms with E-state index in [2.05, 4.69) is 28.4 Å². The zero-order valence-electron chi connectivity index (χ0n) is 15.0. The Hall–Kier alpha value is -1.65. The van der Waals surface area contributed by atoms with Gasteiger partial charge in [-0.15, -0.1) is 0 Å². The van der Waals surface area contributed by atoms with Crippen molar-refractivity contribution in [3.05, 3.63) is 47.0 Å². The van der Waals surface area contributed by atoms with Gasteiger partial charge in [-0.3, -0.25) is 9.69 Å². The lowest BCUT2D eigenvalue weighted by molar-refractivity contribution is 0.0954. The zero-order valence-corrected chi connectivity index (χ0v) is 15.0. The van der Waals surface area contributed by atoms with Gasteiger partial charge in [0.1, 0.15) is 0 Å². The number of nitrogens with zero attached hydrogens (tertiary/aromatic N) is 1. The molecule has 4 heteroatoms. The first kappa shape index (κ1) is 18.2.